The SMILES string of the molecule is c1ccc(-c2c(-c3ccc(N(c4ccccc4)c4ccc(-c5ccc(N(c6ccccc6)c6ccc(-c7oc8ccccc8c7-c7ccccc7)cc6)cc5)cc4)cc3)oc3ccccc23)cc1.c1ccc(N(c2ccccc2)c2ccc(-c3ccc(N(c4ccc(-c5ccc(N(c6ccccc6)c6ccccc6)cc5)cc4)c4ccc(-c5cccc6c5oc5ccccc56)cc4)cc3)cc2)cc1. The Hall–Kier alpha value is -18.5. The van der Waals surface area contributed by atoms with Crippen LogP contribution in [0, 0.1) is 0 Å². The van der Waals surface area contributed by atoms with Crippen molar-refractivity contribution in [1.29, 1.82) is 0 Å². The van der Waals surface area contributed by atoms with E-state index in [1.54, 1.807) is 0 Å². The monoisotopic (exact) mass is 1770 g/mol. The highest BCUT2D eigenvalue weighted by Crippen LogP contribution is 2.49. The van der Waals surface area contributed by atoms with Crippen molar-refractivity contribution in [2.24, 2.45) is 0 Å². The predicted octanol–water partition coefficient (Wildman–Crippen LogP) is 37.4. The van der Waals surface area contributed by atoms with Crippen molar-refractivity contribution in [1.82, 2.24) is 0 Å². The lowest BCUT2D eigenvalue weighted by Gasteiger charge is -2.27. The molecule has 0 saturated carbocycles. The number of anilines is 15. The van der Waals surface area contributed by atoms with E-state index in [9.17, 15) is 0 Å². The maximum Gasteiger partial charge on any atom is 0.143 e. The van der Waals surface area contributed by atoms with E-state index in [0.29, 0.717) is 0 Å². The lowest BCUT2D eigenvalue weighted by Crippen LogP contribution is -2.10. The maximum atomic E-state index is 6.55. The standard InChI is InChI=1S/C66H47N3O.C64H44N2O2/c1-5-16-53(17-6-1)67(54-18-7-2-8-19-54)57-38-28-48(29-39-57)50-32-42-59(43-33-50)69(61-46-36-52(37-47-61)62-25-15-26-64-63-24-13-14-27-65(63)70-66(62)64)60-44-34-51(35-45-60)49-30-40-58(41-31-49)68(55-20-9-3-10-21-55)56-22-11-4-12-23-56;1-5-17-47(18-6-1)61-57-25-13-15-27-59(57)67-63(61)49-33-41-55(42-34-49)65(51-21-9-3-10-22-51)53-37-29-45(30-38-53)46-31-39-54(40-32-46)66(52-23-11-4-12-24-52)56-43-35-50(36-44-56)64-62(48-19-7-2-8-20-48)58-26-14-16-28-60(58)68-64/h1-47H;1-44H. The molecule has 0 fully saturated rings. The Balaban J connectivity index is 0.000000155. The Morgan fingerprint density at radius 3 is 0.558 bits per heavy atom. The molecule has 0 saturated heterocycles. The van der Waals surface area contributed by atoms with Gasteiger partial charge in [-0.3, -0.25) is 0 Å². The van der Waals surface area contributed by atoms with Crippen molar-refractivity contribution in [2.75, 3.05) is 24.5 Å². The number of hydrogen-bond donors (Lipinski definition) is 0. The number of rotatable bonds is 23. The summed E-state index contributed by atoms with van der Waals surface area (Å²) in [5.41, 5.74) is 35.4. The maximum absolute atomic E-state index is 6.55. The van der Waals surface area contributed by atoms with Gasteiger partial charge in [0.1, 0.15) is 33.9 Å². The molecule has 0 aliphatic heterocycles. The lowest BCUT2D eigenvalue weighted by molar-refractivity contribution is 0.632. The van der Waals surface area contributed by atoms with Crippen LogP contribution < -0.4 is 24.5 Å². The zero-order valence-corrected chi connectivity index (χ0v) is 75.5. The van der Waals surface area contributed by atoms with Gasteiger partial charge in [0, 0.05) is 135 Å². The van der Waals surface area contributed by atoms with E-state index in [1.165, 1.54) is 0 Å². The van der Waals surface area contributed by atoms with Gasteiger partial charge in [0.2, 0.25) is 0 Å². The molecule has 0 aliphatic rings. The van der Waals surface area contributed by atoms with Crippen LogP contribution in [0.15, 0.2) is 565 Å². The van der Waals surface area contributed by atoms with Gasteiger partial charge in [0.25, 0.3) is 0 Å². The minimum absolute atomic E-state index is 0.868. The van der Waals surface area contributed by atoms with Gasteiger partial charge in [-0.05, 0) is 275 Å². The normalized spacial score (nSPS) is 11.2. The summed E-state index contributed by atoms with van der Waals surface area (Å²) in [6, 6.07) is 195. The number of hydrogen-bond acceptors (Lipinski definition) is 8. The molecule has 24 aromatic rings. The quantitative estimate of drug-likeness (QED) is 0.0628. The van der Waals surface area contributed by atoms with Gasteiger partial charge in [-0.25, -0.2) is 0 Å². The summed E-state index contributed by atoms with van der Waals surface area (Å²) >= 11 is 0. The zero-order chi connectivity index (χ0) is 91.9. The Kier molecular flexibility index (Phi) is 23.1. The molecule has 0 unspecified atom stereocenters. The minimum atomic E-state index is 0.868. The molecule has 24 rings (SSSR count). The molecule has 3 heterocycles. The highest BCUT2D eigenvalue weighted by molar-refractivity contribution is 6.10. The molecule has 0 aliphatic carbocycles. The van der Waals surface area contributed by atoms with Gasteiger partial charge in [0.15, 0.2) is 0 Å². The van der Waals surface area contributed by atoms with Gasteiger partial charge in [0.05, 0.1) is 0 Å². The van der Waals surface area contributed by atoms with Gasteiger partial charge < -0.3 is 37.8 Å². The van der Waals surface area contributed by atoms with Crippen LogP contribution in [0.25, 0.3) is 133 Å². The van der Waals surface area contributed by atoms with Gasteiger partial charge in [-0.2, -0.15) is 0 Å². The summed E-state index contributed by atoms with van der Waals surface area (Å²) in [6.45, 7) is 0. The summed E-state index contributed by atoms with van der Waals surface area (Å²) in [7, 11) is 0. The van der Waals surface area contributed by atoms with E-state index in [0.717, 1.165) is 219 Å². The number of furan rings is 3. The van der Waals surface area contributed by atoms with E-state index in [4.69, 9.17) is 13.3 Å². The summed E-state index contributed by atoms with van der Waals surface area (Å²) in [4.78, 5) is 11.5. The van der Waals surface area contributed by atoms with Crippen molar-refractivity contribution in [3.63, 3.8) is 0 Å². The highest BCUT2D eigenvalue weighted by Gasteiger charge is 2.25. The molecule has 21 aromatic carbocycles. The van der Waals surface area contributed by atoms with Crippen LogP contribution in [0.3, 0.4) is 0 Å². The fourth-order valence-corrected chi connectivity index (χ4v) is 19.1. The lowest BCUT2D eigenvalue weighted by atomic mass is 9.98. The molecule has 0 N–H and O–H groups in total. The Labute approximate surface area is 802 Å². The summed E-state index contributed by atoms with van der Waals surface area (Å²) in [6.07, 6.45) is 0. The molecular weight excluding hydrogens is 1680 g/mol. The first kappa shape index (κ1) is 83.8. The zero-order valence-electron chi connectivity index (χ0n) is 75.5. The second-order valence-corrected chi connectivity index (χ2v) is 34.2. The topological polar surface area (TPSA) is 55.6 Å². The molecule has 0 bridgehead atoms. The highest BCUT2D eigenvalue weighted by atomic mass is 16.3. The fourth-order valence-electron chi connectivity index (χ4n) is 19.1. The molecular formula is C130H91N5O3. The smallest absolute Gasteiger partial charge is 0.143 e. The van der Waals surface area contributed by atoms with Gasteiger partial charge in [-0.1, -0.05) is 328 Å². The molecule has 8 heteroatoms. The third-order valence-electron chi connectivity index (χ3n) is 25.8. The molecule has 0 atom stereocenters. The van der Waals surface area contributed by atoms with Crippen LogP contribution >= 0.6 is 0 Å². The summed E-state index contributed by atoms with van der Waals surface area (Å²) < 4.78 is 19.6. The molecule has 0 spiro atoms. The summed E-state index contributed by atoms with van der Waals surface area (Å²) in [5.74, 6) is 1.74. The fraction of sp³-hybridized carbons (Fsp3) is 0. The van der Waals surface area contributed by atoms with Crippen LogP contribution in [0.2, 0.25) is 0 Å². The second-order valence-electron chi connectivity index (χ2n) is 34.2. The van der Waals surface area contributed by atoms with Crippen molar-refractivity contribution < 1.29 is 13.3 Å². The average Bonchev–Trinajstić information content (AvgIpc) is 1.63. The van der Waals surface area contributed by atoms with Crippen LogP contribution in [0.5, 0.6) is 0 Å². The van der Waals surface area contributed by atoms with Gasteiger partial charge >= 0.3 is 0 Å². The number of nitrogens with zero attached hydrogens (tertiary/aromatic N) is 5. The average molecular weight is 1770 g/mol. The number of benzene rings is 21. The van der Waals surface area contributed by atoms with Crippen molar-refractivity contribution in [3.05, 3.63) is 552 Å². The first-order chi connectivity index (χ1) is 68.4. The Morgan fingerprint density at radius 1 is 0.116 bits per heavy atom. The molecule has 8 nitrogen and oxygen atoms in total. The van der Waals surface area contributed by atoms with E-state index in [-0.39, 0.29) is 0 Å². The van der Waals surface area contributed by atoms with E-state index < -0.39 is 0 Å². The van der Waals surface area contributed by atoms with Gasteiger partial charge in [-0.15, -0.1) is 0 Å². The second kappa shape index (κ2) is 38.0. The van der Waals surface area contributed by atoms with Crippen molar-refractivity contribution >= 4 is 129 Å². The van der Waals surface area contributed by atoms with Crippen LogP contribution in [0.1, 0.15) is 0 Å². The van der Waals surface area contributed by atoms with E-state index >= 15 is 0 Å². The largest absolute Gasteiger partial charge is 0.455 e. The third-order valence-corrected chi connectivity index (χ3v) is 25.8. The van der Waals surface area contributed by atoms with Crippen LogP contribution in [-0.2, 0) is 0 Å². The number of fused-ring (bicyclic) bond motifs is 5. The first-order valence-electron chi connectivity index (χ1n) is 46.7. The van der Waals surface area contributed by atoms with E-state index in [1.807, 2.05) is 48.5 Å². The van der Waals surface area contributed by atoms with Crippen LogP contribution in [-0.4, -0.2) is 0 Å². The summed E-state index contributed by atoms with van der Waals surface area (Å²) in [5, 5.41) is 4.46. The van der Waals surface area contributed by atoms with Crippen molar-refractivity contribution in [3.8, 4) is 89.4 Å². The Morgan fingerprint density at radius 2 is 0.304 bits per heavy atom. The third kappa shape index (κ3) is 17.0. The Bertz CT molecular complexity index is 7770. The molecule has 654 valence electrons. The predicted molar refractivity (Wildman–Crippen MR) is 577 cm³/mol. The molecule has 3 aromatic heterocycles. The van der Waals surface area contributed by atoms with Crippen molar-refractivity contribution in [2.45, 2.75) is 0 Å². The van der Waals surface area contributed by atoms with Crippen LogP contribution in [0.4, 0.5) is 85.3 Å². The minimum Gasteiger partial charge on any atom is -0.455 e. The molecule has 0 amide bonds. The molecule has 138 heavy (non-hydrogen) atoms. The first-order valence-corrected chi connectivity index (χ1v) is 46.7. The number of para-hydroxylation sites is 10. The molecule has 0 radical (unpaired) electrons. The van der Waals surface area contributed by atoms with E-state index in [2.05, 4.69) is 528 Å².